The van der Waals surface area contributed by atoms with Crippen molar-refractivity contribution in [1.29, 1.82) is 0 Å². The van der Waals surface area contributed by atoms with Gasteiger partial charge in [0.1, 0.15) is 0 Å². The molecule has 0 rings (SSSR count). The van der Waals surface area contributed by atoms with Crippen molar-refractivity contribution in [2.24, 2.45) is 0 Å². The molecule has 0 fully saturated rings. The number of hydrogen-bond donors (Lipinski definition) is 0. The molecule has 0 saturated carbocycles. The van der Waals surface area contributed by atoms with Crippen molar-refractivity contribution < 1.29 is 32.8 Å². The van der Waals surface area contributed by atoms with Crippen molar-refractivity contribution in [1.82, 2.24) is 0 Å². The number of rotatable bonds is 1. The van der Waals surface area contributed by atoms with Gasteiger partial charge >= 0.3 is 20.4 Å². The Morgan fingerprint density at radius 1 is 1.00 bits per heavy atom. The minimum atomic E-state index is 0. The first-order valence-electron chi connectivity index (χ1n) is 5.68. The van der Waals surface area contributed by atoms with Crippen LogP contribution in [-0.4, -0.2) is 16.0 Å². The van der Waals surface area contributed by atoms with Gasteiger partial charge in [0, 0.05) is 0 Å². The topological polar surface area (TPSA) is 0 Å². The van der Waals surface area contributed by atoms with Gasteiger partial charge in [-0.3, -0.25) is 0 Å². The Morgan fingerprint density at radius 3 is 1.18 bits per heavy atom. The van der Waals surface area contributed by atoms with Crippen molar-refractivity contribution in [3.8, 4) is 0 Å². The fourth-order valence-electron chi connectivity index (χ4n) is 2.56. The third-order valence-electron chi connectivity index (χ3n) is 1.96. The van der Waals surface area contributed by atoms with Crippen LogP contribution in [0.2, 0.25) is 0 Å². The summed E-state index contributed by atoms with van der Waals surface area (Å²) < 4.78 is 0. The molecule has 0 aliphatic heterocycles. The van der Waals surface area contributed by atoms with Crippen molar-refractivity contribution in [2.75, 3.05) is 0 Å². The predicted octanol–water partition coefficient (Wildman–Crippen LogP) is 2.48. The molecule has 0 aromatic carbocycles. The summed E-state index contributed by atoms with van der Waals surface area (Å²) in [5.74, 6) is 0. The molecule has 0 bridgehead atoms. The number of allylic oxidation sites excluding steroid dienone is 1. The Labute approximate surface area is 131 Å². The van der Waals surface area contributed by atoms with Gasteiger partial charge < -0.3 is 12.4 Å². The van der Waals surface area contributed by atoms with Crippen molar-refractivity contribution in [3.63, 3.8) is 0 Å². The van der Waals surface area contributed by atoms with E-state index in [-0.39, 0.29) is 40.8 Å². The van der Waals surface area contributed by atoms with Gasteiger partial charge in [0.15, 0.2) is 0 Å². The minimum absolute atomic E-state index is 0. The van der Waals surface area contributed by atoms with Crippen LogP contribution in [0.1, 0.15) is 55.4 Å². The standard InChI is InChI=1S/C11H25P.C3H5.ClH.Pd/c1-9(2)12(10(3,4)5)11(6,7)8;1-3-2;;/h9H,1-8H3;3H,1-2H2;1H;/q;-1;;+2/p-1. The van der Waals surface area contributed by atoms with Crippen LogP contribution in [0.25, 0.3) is 0 Å². The van der Waals surface area contributed by atoms with E-state index < -0.39 is 0 Å². The van der Waals surface area contributed by atoms with Crippen LogP contribution < -0.4 is 12.4 Å². The van der Waals surface area contributed by atoms with Gasteiger partial charge in [-0.2, -0.15) is 0 Å². The fourth-order valence-corrected chi connectivity index (χ4v) is 7.67. The summed E-state index contributed by atoms with van der Waals surface area (Å²) in [5, 5.41) is 0.976. The molecule has 0 radical (unpaired) electrons. The van der Waals surface area contributed by atoms with E-state index in [1.165, 1.54) is 6.08 Å². The molecule has 0 amide bonds. The van der Waals surface area contributed by atoms with Gasteiger partial charge in [-0.25, -0.2) is 19.6 Å². The monoisotopic (exact) mass is 370 g/mol. The predicted molar refractivity (Wildman–Crippen MR) is 77.1 cm³/mol. The second kappa shape index (κ2) is 10.9. The van der Waals surface area contributed by atoms with Crippen molar-refractivity contribution >= 4 is 7.92 Å². The van der Waals surface area contributed by atoms with E-state index in [4.69, 9.17) is 0 Å². The van der Waals surface area contributed by atoms with E-state index in [9.17, 15) is 0 Å². The zero-order valence-corrected chi connectivity index (χ0v) is 15.9. The Kier molecular flexibility index (Phi) is 17.0. The van der Waals surface area contributed by atoms with Crippen molar-refractivity contribution in [2.45, 2.75) is 71.4 Å². The first kappa shape index (κ1) is 26.5. The molecule has 0 saturated heterocycles. The largest absolute Gasteiger partial charge is 2.00 e. The Balaban J connectivity index is -0.000000152. The summed E-state index contributed by atoms with van der Waals surface area (Å²) >= 11 is 0. The fraction of sp³-hybridized carbons (Fsp3) is 0.786. The number of hydrogen-bond acceptors (Lipinski definition) is 0. The molecule has 0 nitrogen and oxygen atoms in total. The van der Waals surface area contributed by atoms with Gasteiger partial charge in [0.25, 0.3) is 0 Å². The second-order valence-electron chi connectivity index (χ2n) is 6.09. The summed E-state index contributed by atoms with van der Waals surface area (Å²) in [5.41, 5.74) is 0.833. The molecule has 0 aliphatic carbocycles. The first-order valence-corrected chi connectivity index (χ1v) is 7.09. The van der Waals surface area contributed by atoms with Gasteiger partial charge in [-0.1, -0.05) is 63.3 Å². The van der Waals surface area contributed by atoms with E-state index in [0.717, 1.165) is 5.66 Å². The molecule has 0 heterocycles. The maximum atomic E-state index is 3.25. The normalized spacial score (nSPS) is 10.9. The molecule has 0 spiro atoms. The van der Waals surface area contributed by atoms with Crippen LogP contribution in [0, 0.1) is 6.92 Å². The molecule has 0 N–H and O–H groups in total. The van der Waals surface area contributed by atoms with Crippen LogP contribution in [0.5, 0.6) is 0 Å². The van der Waals surface area contributed by atoms with E-state index in [1.807, 2.05) is 0 Å². The molecule has 17 heavy (non-hydrogen) atoms. The summed E-state index contributed by atoms with van der Waals surface area (Å²) in [4.78, 5) is 0. The maximum Gasteiger partial charge on any atom is 2.00 e. The Hall–Kier alpha value is 0.992. The van der Waals surface area contributed by atoms with Gasteiger partial charge in [-0.05, 0) is 16.0 Å². The number of halogens is 1. The quantitative estimate of drug-likeness (QED) is 0.378. The summed E-state index contributed by atoms with van der Waals surface area (Å²) in [6.07, 6.45) is 1.50. The van der Waals surface area contributed by atoms with E-state index in [2.05, 4.69) is 68.9 Å². The zero-order chi connectivity index (χ0) is 12.9. The summed E-state index contributed by atoms with van der Waals surface area (Å²) in [6.45, 7) is 25.5. The summed E-state index contributed by atoms with van der Waals surface area (Å²) in [6, 6.07) is 0. The molecular weight excluding hydrogens is 341 g/mol. The van der Waals surface area contributed by atoms with E-state index >= 15 is 0 Å². The average Bonchev–Trinajstić information content (AvgIpc) is 1.77. The average molecular weight is 371 g/mol. The summed E-state index contributed by atoms with van der Waals surface area (Å²) in [7, 11) is 0.0983. The molecule has 108 valence electrons. The van der Waals surface area contributed by atoms with Crippen LogP contribution in [0.15, 0.2) is 12.7 Å². The van der Waals surface area contributed by atoms with Crippen LogP contribution in [0.3, 0.4) is 0 Å². The molecule has 3 heteroatoms. The Bertz CT molecular complexity index is 164. The molecular formula is C14H30ClPPd. The van der Waals surface area contributed by atoms with Crippen LogP contribution in [-0.2, 0) is 20.4 Å². The smallest absolute Gasteiger partial charge is 1.00 e. The SMILES string of the molecule is C=C[CH2-].CC(C)P(C(C)(C)C)C(C)(C)C.[Cl-].[Pd+2]. The third-order valence-corrected chi connectivity index (χ3v) is 5.89. The zero-order valence-electron chi connectivity index (χ0n) is 12.7. The van der Waals surface area contributed by atoms with Crippen LogP contribution in [0.4, 0.5) is 0 Å². The molecule has 0 unspecified atom stereocenters. The Morgan fingerprint density at radius 2 is 1.18 bits per heavy atom. The first-order chi connectivity index (χ1) is 6.48. The van der Waals surface area contributed by atoms with Crippen LogP contribution >= 0.6 is 7.92 Å². The third kappa shape index (κ3) is 13.2. The van der Waals surface area contributed by atoms with E-state index in [0.29, 0.717) is 10.3 Å². The minimum Gasteiger partial charge on any atom is -1.00 e. The molecule has 0 aliphatic rings. The molecule has 0 aromatic heterocycles. The molecule has 0 atom stereocenters. The van der Waals surface area contributed by atoms with Crippen molar-refractivity contribution in [3.05, 3.63) is 19.6 Å². The van der Waals surface area contributed by atoms with Gasteiger partial charge in [0.2, 0.25) is 0 Å². The maximum absolute atomic E-state index is 3.25. The molecule has 0 aromatic rings. The second-order valence-corrected chi connectivity index (χ2v) is 10.6. The van der Waals surface area contributed by atoms with Gasteiger partial charge in [0.05, 0.1) is 0 Å². The van der Waals surface area contributed by atoms with E-state index in [1.54, 1.807) is 0 Å². The van der Waals surface area contributed by atoms with Gasteiger partial charge in [-0.15, -0.1) is 0 Å².